The monoisotopic (exact) mass is 256 g/mol. The lowest BCUT2D eigenvalue weighted by atomic mass is 10.1. The van der Waals surface area contributed by atoms with Gasteiger partial charge in [-0.15, -0.1) is 0 Å². The van der Waals surface area contributed by atoms with Crippen LogP contribution in [0.4, 0.5) is 17.1 Å². The molecule has 0 heterocycles. The topological polar surface area (TPSA) is 38.5 Å². The number of methoxy groups -OCH3 is 1. The van der Waals surface area contributed by atoms with Crippen LogP contribution >= 0.6 is 0 Å². The van der Waals surface area contributed by atoms with E-state index in [1.165, 1.54) is 5.56 Å². The average Bonchev–Trinajstić information content (AvgIpc) is 2.41. The van der Waals surface area contributed by atoms with E-state index in [-0.39, 0.29) is 0 Å². The number of aryl methyl sites for hydroxylation is 1. The molecule has 100 valence electrons. The Kier molecular flexibility index (Phi) is 3.95. The molecule has 0 aliphatic rings. The van der Waals surface area contributed by atoms with Crippen LogP contribution in [0.2, 0.25) is 0 Å². The molecule has 0 atom stereocenters. The summed E-state index contributed by atoms with van der Waals surface area (Å²) in [7, 11) is 1.64. The first kappa shape index (κ1) is 13.3. The van der Waals surface area contributed by atoms with Crippen molar-refractivity contribution in [1.29, 1.82) is 0 Å². The molecule has 0 aliphatic carbocycles. The Morgan fingerprint density at radius 2 is 1.89 bits per heavy atom. The molecule has 19 heavy (non-hydrogen) atoms. The number of ether oxygens (including phenoxy) is 1. The van der Waals surface area contributed by atoms with Crippen molar-refractivity contribution in [3.05, 3.63) is 48.0 Å². The molecular weight excluding hydrogens is 236 g/mol. The lowest BCUT2D eigenvalue weighted by Crippen LogP contribution is -2.17. The summed E-state index contributed by atoms with van der Waals surface area (Å²) >= 11 is 0. The molecule has 0 amide bonds. The van der Waals surface area contributed by atoms with Crippen molar-refractivity contribution in [2.45, 2.75) is 13.8 Å². The van der Waals surface area contributed by atoms with Crippen molar-refractivity contribution < 1.29 is 4.74 Å². The maximum Gasteiger partial charge on any atom is 0.143 e. The molecule has 0 aliphatic heterocycles. The van der Waals surface area contributed by atoms with Crippen LogP contribution in [0.3, 0.4) is 0 Å². The molecule has 0 fully saturated rings. The Bertz CT molecular complexity index is 566. The fourth-order valence-corrected chi connectivity index (χ4v) is 2.23. The van der Waals surface area contributed by atoms with Gasteiger partial charge < -0.3 is 15.4 Å². The summed E-state index contributed by atoms with van der Waals surface area (Å²) in [5.41, 5.74) is 10.2. The Morgan fingerprint density at radius 3 is 2.53 bits per heavy atom. The van der Waals surface area contributed by atoms with E-state index < -0.39 is 0 Å². The number of anilines is 3. The van der Waals surface area contributed by atoms with Crippen molar-refractivity contribution >= 4 is 17.1 Å². The maximum absolute atomic E-state index is 6.18. The maximum atomic E-state index is 6.18. The third kappa shape index (κ3) is 2.65. The van der Waals surface area contributed by atoms with Gasteiger partial charge in [-0.05, 0) is 43.7 Å². The second-order valence-corrected chi connectivity index (χ2v) is 4.48. The first-order valence-corrected chi connectivity index (χ1v) is 6.44. The second kappa shape index (κ2) is 5.65. The highest BCUT2D eigenvalue weighted by molar-refractivity contribution is 5.79. The molecule has 0 bridgehead atoms. The first-order valence-electron chi connectivity index (χ1n) is 6.44. The number of para-hydroxylation sites is 1. The molecule has 0 saturated carbocycles. The zero-order chi connectivity index (χ0) is 13.8. The molecule has 0 radical (unpaired) electrons. The van der Waals surface area contributed by atoms with Crippen molar-refractivity contribution in [3.8, 4) is 5.75 Å². The third-order valence-corrected chi connectivity index (χ3v) is 3.18. The van der Waals surface area contributed by atoms with Gasteiger partial charge in [-0.1, -0.05) is 18.2 Å². The van der Waals surface area contributed by atoms with Gasteiger partial charge in [0.2, 0.25) is 0 Å². The predicted molar refractivity (Wildman–Crippen MR) is 81.3 cm³/mol. The molecule has 0 spiro atoms. The molecule has 0 aromatic heterocycles. The molecular formula is C16H20N2O. The van der Waals surface area contributed by atoms with Crippen LogP contribution in [-0.2, 0) is 0 Å². The van der Waals surface area contributed by atoms with Gasteiger partial charge in [-0.25, -0.2) is 0 Å². The van der Waals surface area contributed by atoms with Gasteiger partial charge in [0, 0.05) is 12.2 Å². The second-order valence-electron chi connectivity index (χ2n) is 4.48. The quantitative estimate of drug-likeness (QED) is 0.847. The van der Waals surface area contributed by atoms with E-state index in [2.05, 4.69) is 43.0 Å². The van der Waals surface area contributed by atoms with Gasteiger partial charge in [0.05, 0.1) is 18.5 Å². The summed E-state index contributed by atoms with van der Waals surface area (Å²) < 4.78 is 5.29. The minimum absolute atomic E-state index is 0.674. The van der Waals surface area contributed by atoms with E-state index in [0.717, 1.165) is 17.9 Å². The van der Waals surface area contributed by atoms with E-state index in [9.17, 15) is 0 Å². The Hall–Kier alpha value is -2.16. The summed E-state index contributed by atoms with van der Waals surface area (Å²) in [4.78, 5) is 2.19. The largest absolute Gasteiger partial charge is 0.495 e. The standard InChI is InChI=1S/C16H20N2O/c1-4-18(13-8-5-7-12(2)11-13)14-9-6-10-15(19-3)16(14)17/h5-11H,4,17H2,1-3H3. The van der Waals surface area contributed by atoms with E-state index in [0.29, 0.717) is 11.4 Å². The molecule has 2 aromatic carbocycles. The predicted octanol–water partition coefficient (Wildman–Crippen LogP) is 3.74. The number of rotatable bonds is 4. The summed E-state index contributed by atoms with van der Waals surface area (Å²) in [5, 5.41) is 0. The van der Waals surface area contributed by atoms with Gasteiger partial charge in [0.25, 0.3) is 0 Å². The van der Waals surface area contributed by atoms with Crippen LogP contribution < -0.4 is 15.4 Å². The minimum atomic E-state index is 0.674. The van der Waals surface area contributed by atoms with Crippen LogP contribution in [0.15, 0.2) is 42.5 Å². The van der Waals surface area contributed by atoms with Crippen LogP contribution in [0.25, 0.3) is 0 Å². The van der Waals surface area contributed by atoms with Crippen LogP contribution in [0.1, 0.15) is 12.5 Å². The van der Waals surface area contributed by atoms with Crippen molar-refractivity contribution in [2.24, 2.45) is 0 Å². The summed E-state index contributed by atoms with van der Waals surface area (Å²) in [6.45, 7) is 5.05. The van der Waals surface area contributed by atoms with Gasteiger partial charge in [-0.2, -0.15) is 0 Å². The van der Waals surface area contributed by atoms with E-state index >= 15 is 0 Å². The number of hydrogen-bond acceptors (Lipinski definition) is 3. The SMILES string of the molecule is CCN(c1cccc(C)c1)c1cccc(OC)c1N. The number of hydrogen-bond donors (Lipinski definition) is 1. The zero-order valence-electron chi connectivity index (χ0n) is 11.7. The summed E-state index contributed by atoms with van der Waals surface area (Å²) in [5.74, 6) is 0.712. The molecule has 2 N–H and O–H groups in total. The lowest BCUT2D eigenvalue weighted by molar-refractivity contribution is 0.417. The highest BCUT2D eigenvalue weighted by Crippen LogP contribution is 2.36. The van der Waals surface area contributed by atoms with Crippen LogP contribution in [0.5, 0.6) is 5.75 Å². The van der Waals surface area contributed by atoms with Crippen molar-refractivity contribution in [1.82, 2.24) is 0 Å². The molecule has 2 rings (SSSR count). The molecule has 0 unspecified atom stereocenters. The highest BCUT2D eigenvalue weighted by atomic mass is 16.5. The lowest BCUT2D eigenvalue weighted by Gasteiger charge is -2.25. The molecule has 3 nitrogen and oxygen atoms in total. The fourth-order valence-electron chi connectivity index (χ4n) is 2.23. The Balaban J connectivity index is 2.48. The van der Waals surface area contributed by atoms with Crippen molar-refractivity contribution in [2.75, 3.05) is 24.3 Å². The van der Waals surface area contributed by atoms with Gasteiger partial charge in [-0.3, -0.25) is 0 Å². The van der Waals surface area contributed by atoms with E-state index in [1.807, 2.05) is 18.2 Å². The third-order valence-electron chi connectivity index (χ3n) is 3.18. The fraction of sp³-hybridized carbons (Fsp3) is 0.250. The number of benzene rings is 2. The van der Waals surface area contributed by atoms with E-state index in [4.69, 9.17) is 10.5 Å². The summed E-state index contributed by atoms with van der Waals surface area (Å²) in [6.07, 6.45) is 0. The van der Waals surface area contributed by atoms with Gasteiger partial charge in [0.15, 0.2) is 0 Å². The minimum Gasteiger partial charge on any atom is -0.495 e. The Labute approximate surface area is 114 Å². The number of nitrogen functional groups attached to an aromatic ring is 1. The van der Waals surface area contributed by atoms with Crippen molar-refractivity contribution in [3.63, 3.8) is 0 Å². The van der Waals surface area contributed by atoms with Gasteiger partial charge in [0.1, 0.15) is 5.75 Å². The number of nitrogens with two attached hydrogens (primary N) is 1. The average molecular weight is 256 g/mol. The van der Waals surface area contributed by atoms with E-state index in [1.54, 1.807) is 7.11 Å². The van der Waals surface area contributed by atoms with Crippen LogP contribution in [0, 0.1) is 6.92 Å². The molecule has 0 saturated heterocycles. The number of nitrogens with zero attached hydrogens (tertiary/aromatic N) is 1. The first-order chi connectivity index (χ1) is 9.17. The smallest absolute Gasteiger partial charge is 0.143 e. The molecule has 2 aromatic rings. The molecule has 3 heteroatoms. The van der Waals surface area contributed by atoms with Gasteiger partial charge >= 0.3 is 0 Å². The van der Waals surface area contributed by atoms with Crippen LogP contribution in [-0.4, -0.2) is 13.7 Å². The normalized spacial score (nSPS) is 10.3. The zero-order valence-corrected chi connectivity index (χ0v) is 11.7. The Morgan fingerprint density at radius 1 is 1.16 bits per heavy atom. The summed E-state index contributed by atoms with van der Waals surface area (Å²) in [6, 6.07) is 14.3. The highest BCUT2D eigenvalue weighted by Gasteiger charge is 2.13.